The van der Waals surface area contributed by atoms with Gasteiger partial charge in [-0.15, -0.1) is 0 Å². The van der Waals surface area contributed by atoms with Crippen molar-refractivity contribution in [2.24, 2.45) is 5.41 Å². The average molecular weight is 156 g/mol. The molecule has 1 aliphatic rings. The number of carbonyl (C=O) groups excluding carboxylic acids is 3. The Kier molecular flexibility index (Phi) is 1.44. The molecular weight excluding hydrogens is 152 g/mol. The number of hydrogen-bond acceptors (Lipinski definition) is 5. The number of carboxylic acids is 2. The van der Waals surface area contributed by atoms with E-state index in [4.69, 9.17) is 0 Å². The van der Waals surface area contributed by atoms with E-state index >= 15 is 0 Å². The van der Waals surface area contributed by atoms with Gasteiger partial charge < -0.3 is 19.8 Å². The van der Waals surface area contributed by atoms with Crippen LogP contribution in [0.5, 0.6) is 0 Å². The Bertz CT molecular complexity index is 217. The van der Waals surface area contributed by atoms with Crippen LogP contribution in [0.2, 0.25) is 0 Å². The first-order valence-corrected chi connectivity index (χ1v) is 2.93. The lowest BCUT2D eigenvalue weighted by molar-refractivity contribution is -0.346. The van der Waals surface area contributed by atoms with Gasteiger partial charge >= 0.3 is 0 Å². The highest BCUT2D eigenvalue weighted by Crippen LogP contribution is 2.36. The lowest BCUT2D eigenvalue weighted by atomic mass is 9.68. The summed E-state index contributed by atoms with van der Waals surface area (Å²) in [5.74, 6) is -3.87. The molecule has 0 atom stereocenters. The SMILES string of the molecule is O=C1CC(C(=O)[O-])(C(=O)[O-])C1. The molecule has 1 fully saturated rings. The molecule has 0 radical (unpaired) electrons. The van der Waals surface area contributed by atoms with Gasteiger partial charge in [-0.3, -0.25) is 4.79 Å². The number of hydrogen-bond donors (Lipinski definition) is 0. The summed E-state index contributed by atoms with van der Waals surface area (Å²) in [6.07, 6.45) is -1.00. The Labute approximate surface area is 61.6 Å². The number of ketones is 1. The molecule has 11 heavy (non-hydrogen) atoms. The fraction of sp³-hybridized carbons (Fsp3) is 0.500. The number of Topliss-reactive ketones (excluding diaryl/α,β-unsaturated/α-hetero) is 1. The molecule has 0 aromatic carbocycles. The van der Waals surface area contributed by atoms with Crippen LogP contribution in [0.1, 0.15) is 12.8 Å². The van der Waals surface area contributed by atoms with E-state index in [9.17, 15) is 24.6 Å². The zero-order chi connectivity index (χ0) is 8.65. The summed E-state index contributed by atoms with van der Waals surface area (Å²) in [5.41, 5.74) is -2.04. The van der Waals surface area contributed by atoms with Crippen LogP contribution < -0.4 is 10.2 Å². The minimum Gasteiger partial charge on any atom is -0.549 e. The smallest absolute Gasteiger partial charge is 0.135 e. The lowest BCUT2D eigenvalue weighted by Crippen LogP contribution is -2.60. The van der Waals surface area contributed by atoms with Crippen molar-refractivity contribution in [1.82, 2.24) is 0 Å². The zero-order valence-corrected chi connectivity index (χ0v) is 5.46. The van der Waals surface area contributed by atoms with Crippen LogP contribution in [0.4, 0.5) is 0 Å². The summed E-state index contributed by atoms with van der Waals surface area (Å²) in [7, 11) is 0. The van der Waals surface area contributed by atoms with Crippen LogP contribution in [0.3, 0.4) is 0 Å². The van der Waals surface area contributed by atoms with E-state index in [0.717, 1.165) is 0 Å². The molecule has 0 amide bonds. The fourth-order valence-electron chi connectivity index (χ4n) is 0.993. The van der Waals surface area contributed by atoms with Gasteiger partial charge in [-0.05, 0) is 0 Å². The van der Waals surface area contributed by atoms with Crippen molar-refractivity contribution in [1.29, 1.82) is 0 Å². The largest absolute Gasteiger partial charge is 0.549 e. The van der Waals surface area contributed by atoms with Crippen LogP contribution in [0.25, 0.3) is 0 Å². The van der Waals surface area contributed by atoms with E-state index in [1.807, 2.05) is 0 Å². The standard InChI is InChI=1S/C6H6O5/c7-3-1-6(2-3,4(8)9)5(10)11/h1-2H2,(H,8,9)(H,10,11)/p-2. The molecule has 5 nitrogen and oxygen atoms in total. The second-order valence-electron chi connectivity index (χ2n) is 2.55. The van der Waals surface area contributed by atoms with Gasteiger partial charge in [0.2, 0.25) is 0 Å². The van der Waals surface area contributed by atoms with Crippen LogP contribution in [-0.2, 0) is 14.4 Å². The molecule has 1 aliphatic carbocycles. The van der Waals surface area contributed by atoms with Crippen molar-refractivity contribution in [2.45, 2.75) is 12.8 Å². The summed E-state index contributed by atoms with van der Waals surface area (Å²) < 4.78 is 0. The minimum absolute atomic E-state index is 0.390. The maximum atomic E-state index is 10.3. The zero-order valence-electron chi connectivity index (χ0n) is 5.46. The Morgan fingerprint density at radius 1 is 1.18 bits per heavy atom. The third-order valence-electron chi connectivity index (χ3n) is 1.78. The van der Waals surface area contributed by atoms with Gasteiger partial charge in [-0.1, -0.05) is 0 Å². The summed E-state index contributed by atoms with van der Waals surface area (Å²) in [5, 5.41) is 20.4. The van der Waals surface area contributed by atoms with Gasteiger partial charge in [0.05, 0.1) is 17.4 Å². The Morgan fingerprint density at radius 2 is 1.55 bits per heavy atom. The monoisotopic (exact) mass is 156 g/mol. The molecule has 0 saturated heterocycles. The van der Waals surface area contributed by atoms with E-state index in [1.165, 1.54) is 0 Å². The van der Waals surface area contributed by atoms with Gasteiger partial charge in [0.1, 0.15) is 5.78 Å². The fourth-order valence-corrected chi connectivity index (χ4v) is 0.993. The van der Waals surface area contributed by atoms with Gasteiger partial charge in [0, 0.05) is 12.8 Å². The van der Waals surface area contributed by atoms with Crippen LogP contribution >= 0.6 is 0 Å². The summed E-state index contributed by atoms with van der Waals surface area (Å²) >= 11 is 0. The van der Waals surface area contributed by atoms with Crippen LogP contribution in [0, 0.1) is 5.41 Å². The van der Waals surface area contributed by atoms with E-state index in [2.05, 4.69) is 0 Å². The van der Waals surface area contributed by atoms with E-state index < -0.39 is 36.0 Å². The summed E-state index contributed by atoms with van der Waals surface area (Å²) in [4.78, 5) is 30.8. The average Bonchev–Trinajstić information content (AvgIpc) is 1.78. The molecule has 0 bridgehead atoms. The van der Waals surface area contributed by atoms with E-state index in [1.54, 1.807) is 0 Å². The minimum atomic E-state index is -2.04. The highest BCUT2D eigenvalue weighted by Gasteiger charge is 2.46. The maximum absolute atomic E-state index is 10.3. The number of carbonyl (C=O) groups is 3. The molecule has 0 aromatic heterocycles. The predicted octanol–water partition coefficient (Wildman–Crippen LogP) is -3.16. The first-order chi connectivity index (χ1) is 4.99. The van der Waals surface area contributed by atoms with Gasteiger partial charge in [-0.2, -0.15) is 0 Å². The van der Waals surface area contributed by atoms with Crippen molar-refractivity contribution in [3.05, 3.63) is 0 Å². The molecule has 1 saturated carbocycles. The Hall–Kier alpha value is -1.39. The predicted molar refractivity (Wildman–Crippen MR) is 26.7 cm³/mol. The van der Waals surface area contributed by atoms with Gasteiger partial charge in [0.25, 0.3) is 0 Å². The van der Waals surface area contributed by atoms with Crippen LogP contribution in [0.15, 0.2) is 0 Å². The quantitative estimate of drug-likeness (QED) is 0.393. The second-order valence-corrected chi connectivity index (χ2v) is 2.55. The van der Waals surface area contributed by atoms with Gasteiger partial charge in [-0.25, -0.2) is 0 Å². The molecule has 0 N–H and O–H groups in total. The van der Waals surface area contributed by atoms with Crippen LogP contribution in [-0.4, -0.2) is 17.7 Å². The molecule has 0 heterocycles. The first-order valence-electron chi connectivity index (χ1n) is 2.93. The topological polar surface area (TPSA) is 97.3 Å². The molecule has 0 aliphatic heterocycles. The highest BCUT2D eigenvalue weighted by atomic mass is 16.4. The third kappa shape index (κ3) is 0.886. The highest BCUT2D eigenvalue weighted by molar-refractivity contribution is 6.09. The number of rotatable bonds is 2. The summed E-state index contributed by atoms with van der Waals surface area (Å²) in [6, 6.07) is 0. The first kappa shape index (κ1) is 7.71. The molecule has 60 valence electrons. The van der Waals surface area contributed by atoms with Crippen molar-refractivity contribution in [3.63, 3.8) is 0 Å². The van der Waals surface area contributed by atoms with E-state index in [-0.39, 0.29) is 0 Å². The third-order valence-corrected chi connectivity index (χ3v) is 1.78. The van der Waals surface area contributed by atoms with Crippen molar-refractivity contribution >= 4 is 17.7 Å². The Balaban J connectivity index is 2.85. The number of aliphatic carboxylic acids is 2. The molecule has 0 spiro atoms. The molecule has 0 aromatic rings. The normalized spacial score (nSPS) is 20.5. The van der Waals surface area contributed by atoms with Crippen molar-refractivity contribution in [3.8, 4) is 0 Å². The molecular formula is C6H4O5-2. The van der Waals surface area contributed by atoms with Crippen molar-refractivity contribution < 1.29 is 24.6 Å². The molecule has 1 rings (SSSR count). The lowest BCUT2D eigenvalue weighted by Gasteiger charge is -2.41. The number of carboxylic acid groups (broad SMARTS) is 2. The molecule has 5 heteroatoms. The second kappa shape index (κ2) is 2.05. The van der Waals surface area contributed by atoms with Crippen molar-refractivity contribution in [2.75, 3.05) is 0 Å². The molecule has 0 unspecified atom stereocenters. The maximum Gasteiger partial charge on any atom is 0.135 e. The van der Waals surface area contributed by atoms with E-state index in [0.29, 0.717) is 0 Å². The Morgan fingerprint density at radius 3 is 1.64 bits per heavy atom. The summed E-state index contributed by atoms with van der Waals surface area (Å²) in [6.45, 7) is 0. The van der Waals surface area contributed by atoms with Gasteiger partial charge in [0.15, 0.2) is 0 Å².